The van der Waals surface area contributed by atoms with Crippen molar-refractivity contribution in [1.82, 2.24) is 0 Å². The van der Waals surface area contributed by atoms with Crippen molar-refractivity contribution in [2.75, 3.05) is 12.9 Å². The third kappa shape index (κ3) is 5.82. The van der Waals surface area contributed by atoms with E-state index in [1.54, 1.807) is 0 Å². The van der Waals surface area contributed by atoms with Gasteiger partial charge in [0.25, 0.3) is 5.92 Å². The molecule has 0 fully saturated rings. The molecule has 0 unspecified atom stereocenters. The average molecular weight is 437 g/mol. The largest absolute Gasteiger partial charge is 0.481 e. The van der Waals surface area contributed by atoms with Crippen LogP contribution in [0.4, 0.5) is 8.78 Å². The molecule has 10 heteroatoms. The molecular weight excluding hydrogens is 422 g/mol. The van der Waals surface area contributed by atoms with Crippen LogP contribution in [0.5, 0.6) is 5.75 Å². The van der Waals surface area contributed by atoms with Crippen molar-refractivity contribution < 1.29 is 31.8 Å². The smallest absolute Gasteiger partial charge is 0.341 e. The molecule has 2 aromatic rings. The Morgan fingerprint density at radius 3 is 2.41 bits per heavy atom. The molecule has 0 saturated carbocycles. The van der Waals surface area contributed by atoms with Gasteiger partial charge in [-0.25, -0.2) is 22.0 Å². The van der Waals surface area contributed by atoms with E-state index in [1.165, 1.54) is 30.3 Å². The van der Waals surface area contributed by atoms with Gasteiger partial charge < -0.3 is 9.84 Å². The van der Waals surface area contributed by atoms with Gasteiger partial charge in [-0.05, 0) is 36.4 Å². The number of alkyl halides is 2. The number of aliphatic carboxylic acids is 1. The summed E-state index contributed by atoms with van der Waals surface area (Å²) in [5, 5.41) is 8.87. The minimum Gasteiger partial charge on any atom is -0.481 e. The highest BCUT2D eigenvalue weighted by Gasteiger charge is 2.26. The highest BCUT2D eigenvalue weighted by atomic mass is 35.5. The van der Waals surface area contributed by atoms with E-state index in [0.29, 0.717) is 4.90 Å². The van der Waals surface area contributed by atoms with Gasteiger partial charge in [-0.2, -0.15) is 0 Å². The Balaban J connectivity index is 2.44. The Kier molecular flexibility index (Phi) is 6.39. The van der Waals surface area contributed by atoms with Gasteiger partial charge in [-0.3, -0.25) is 0 Å². The first-order valence-electron chi connectivity index (χ1n) is 7.42. The SMILES string of the molecule is CC(F)(F)c1ccc(OCC(=O)O)c(Sc2ccc(S(C)(=O)=O)cc2Cl)c1. The van der Waals surface area contributed by atoms with Crippen molar-refractivity contribution in [2.24, 2.45) is 0 Å². The number of hydrogen-bond acceptors (Lipinski definition) is 5. The molecule has 146 valence electrons. The third-order valence-electron chi connectivity index (χ3n) is 3.35. The van der Waals surface area contributed by atoms with Crippen LogP contribution in [0.2, 0.25) is 5.02 Å². The maximum atomic E-state index is 13.6. The van der Waals surface area contributed by atoms with Crippen LogP contribution in [0, 0.1) is 0 Å². The van der Waals surface area contributed by atoms with Crippen LogP contribution in [0.25, 0.3) is 0 Å². The summed E-state index contributed by atoms with van der Waals surface area (Å²) in [6.07, 6.45) is 1.04. The first-order chi connectivity index (χ1) is 12.4. The van der Waals surface area contributed by atoms with E-state index in [1.807, 2.05) is 0 Å². The molecule has 1 N–H and O–H groups in total. The van der Waals surface area contributed by atoms with Crippen LogP contribution in [0.1, 0.15) is 12.5 Å². The van der Waals surface area contributed by atoms with Crippen LogP contribution in [-0.4, -0.2) is 32.4 Å². The highest BCUT2D eigenvalue weighted by Crippen LogP contribution is 2.41. The molecule has 0 saturated heterocycles. The van der Waals surface area contributed by atoms with Crippen molar-refractivity contribution in [2.45, 2.75) is 27.5 Å². The van der Waals surface area contributed by atoms with E-state index in [4.69, 9.17) is 21.4 Å². The first kappa shape index (κ1) is 21.5. The Morgan fingerprint density at radius 1 is 1.22 bits per heavy atom. The van der Waals surface area contributed by atoms with Gasteiger partial charge in [0.2, 0.25) is 0 Å². The zero-order chi connectivity index (χ0) is 20.4. The topological polar surface area (TPSA) is 80.7 Å². The highest BCUT2D eigenvalue weighted by molar-refractivity contribution is 7.99. The fourth-order valence-corrected chi connectivity index (χ4v) is 3.98. The minimum atomic E-state index is -3.45. The Hall–Kier alpha value is -1.84. The predicted molar refractivity (Wildman–Crippen MR) is 97.8 cm³/mol. The van der Waals surface area contributed by atoms with E-state index in [2.05, 4.69) is 0 Å². The molecule has 0 spiro atoms. The van der Waals surface area contributed by atoms with E-state index in [-0.39, 0.29) is 26.1 Å². The lowest BCUT2D eigenvalue weighted by molar-refractivity contribution is -0.139. The molecule has 5 nitrogen and oxygen atoms in total. The molecule has 0 amide bonds. The fourth-order valence-electron chi connectivity index (χ4n) is 2.03. The molecule has 2 aromatic carbocycles. The number of carboxylic acids is 1. The first-order valence-corrected chi connectivity index (χ1v) is 10.5. The maximum Gasteiger partial charge on any atom is 0.341 e. The van der Waals surface area contributed by atoms with Crippen molar-refractivity contribution in [3.8, 4) is 5.75 Å². The zero-order valence-electron chi connectivity index (χ0n) is 14.2. The molecule has 27 heavy (non-hydrogen) atoms. The fraction of sp³-hybridized carbons (Fsp3) is 0.235. The number of ether oxygens (including phenoxy) is 1. The predicted octanol–water partition coefficient (Wildman–Crippen LogP) is 4.47. The van der Waals surface area contributed by atoms with Crippen LogP contribution >= 0.6 is 23.4 Å². The Morgan fingerprint density at radius 2 is 1.89 bits per heavy atom. The summed E-state index contributed by atoms with van der Waals surface area (Å²) in [6, 6.07) is 7.64. The zero-order valence-corrected chi connectivity index (χ0v) is 16.6. The lowest BCUT2D eigenvalue weighted by Gasteiger charge is -2.16. The number of sulfone groups is 1. The minimum absolute atomic E-state index is 0.0213. The van der Waals surface area contributed by atoms with E-state index in [0.717, 1.165) is 31.0 Å². The van der Waals surface area contributed by atoms with Gasteiger partial charge in [0.1, 0.15) is 5.75 Å². The maximum absolute atomic E-state index is 13.6. The molecule has 0 aliphatic carbocycles. The van der Waals surface area contributed by atoms with Gasteiger partial charge in [0.15, 0.2) is 16.4 Å². The number of carbonyl (C=O) groups is 1. The van der Waals surface area contributed by atoms with Crippen molar-refractivity contribution in [3.05, 3.63) is 47.0 Å². The van der Waals surface area contributed by atoms with Crippen LogP contribution in [0.3, 0.4) is 0 Å². The second-order valence-corrected chi connectivity index (χ2v) is 9.21. The third-order valence-corrected chi connectivity index (χ3v) is 6.00. The molecule has 0 atom stereocenters. The molecule has 0 aliphatic rings. The molecule has 2 rings (SSSR count). The molecule has 0 aliphatic heterocycles. The number of halogens is 3. The number of rotatable bonds is 7. The summed E-state index contributed by atoms with van der Waals surface area (Å²) in [7, 11) is -3.45. The molecule has 0 radical (unpaired) electrons. The summed E-state index contributed by atoms with van der Waals surface area (Å²) < 4.78 is 55.6. The normalized spacial score (nSPS) is 12.0. The second-order valence-electron chi connectivity index (χ2n) is 5.70. The monoisotopic (exact) mass is 436 g/mol. The molecular formula is C17H15ClF2O5S2. The van der Waals surface area contributed by atoms with Gasteiger partial charge in [0.05, 0.1) is 14.8 Å². The summed E-state index contributed by atoms with van der Waals surface area (Å²) in [5.74, 6) is -4.23. The lowest BCUT2D eigenvalue weighted by atomic mass is 10.1. The van der Waals surface area contributed by atoms with Gasteiger partial charge in [0, 0.05) is 23.6 Å². The summed E-state index contributed by atoms with van der Waals surface area (Å²) in [6.45, 7) is 0.0958. The van der Waals surface area contributed by atoms with Crippen LogP contribution < -0.4 is 4.74 Å². The average Bonchev–Trinajstić information content (AvgIpc) is 2.53. The summed E-state index contributed by atoms with van der Waals surface area (Å²) in [4.78, 5) is 11.4. The van der Waals surface area contributed by atoms with Crippen LogP contribution in [0.15, 0.2) is 51.1 Å². The van der Waals surface area contributed by atoms with Crippen molar-refractivity contribution in [3.63, 3.8) is 0 Å². The second kappa shape index (κ2) is 8.04. The van der Waals surface area contributed by atoms with Crippen molar-refractivity contribution >= 4 is 39.2 Å². The number of hydrogen-bond donors (Lipinski definition) is 1. The van der Waals surface area contributed by atoms with Crippen molar-refractivity contribution in [1.29, 1.82) is 0 Å². The van der Waals surface area contributed by atoms with Gasteiger partial charge >= 0.3 is 5.97 Å². The quantitative estimate of drug-likeness (QED) is 0.689. The van der Waals surface area contributed by atoms with E-state index < -0.39 is 28.3 Å². The van der Waals surface area contributed by atoms with E-state index >= 15 is 0 Å². The van der Waals surface area contributed by atoms with E-state index in [9.17, 15) is 22.0 Å². The summed E-state index contributed by atoms with van der Waals surface area (Å²) >= 11 is 7.09. The van der Waals surface area contributed by atoms with Crippen LogP contribution in [-0.2, 0) is 20.6 Å². The van der Waals surface area contributed by atoms with Gasteiger partial charge in [-0.15, -0.1) is 0 Å². The number of carboxylic acid groups (broad SMARTS) is 1. The Bertz CT molecular complexity index is 972. The summed E-state index contributed by atoms with van der Waals surface area (Å²) in [5.41, 5.74) is -0.281. The molecule has 0 bridgehead atoms. The number of benzene rings is 2. The standard InChI is InChI=1S/C17H15ClF2O5S2/c1-17(19,20)10-3-5-13(25-9-16(21)22)15(7-10)26-14-6-4-11(8-12(14)18)27(2,23)24/h3-8H,9H2,1-2H3,(H,21,22). The molecule has 0 aromatic heterocycles. The molecule has 0 heterocycles. The Labute approximate surface area is 164 Å². The van der Waals surface area contributed by atoms with Gasteiger partial charge in [-0.1, -0.05) is 23.4 Å². The lowest BCUT2D eigenvalue weighted by Crippen LogP contribution is -2.11.